The molecular formula is C14H11N3O6S. The smallest absolute Gasteiger partial charge is 0.354 e. The number of hydroxylamine groups is 2. The lowest BCUT2D eigenvalue weighted by Crippen LogP contribution is -2.32. The molecule has 0 saturated heterocycles. The largest absolute Gasteiger partial charge is 0.380 e. The third-order valence-electron chi connectivity index (χ3n) is 3.39. The first-order chi connectivity index (χ1) is 11.3. The number of rotatable bonds is 4. The van der Waals surface area contributed by atoms with Crippen molar-refractivity contribution < 1.29 is 27.6 Å². The number of H-pyrrole nitrogens is 1. The Hall–Kier alpha value is -2.98. The number of fused-ring (bicyclic) bond motifs is 1. The average molecular weight is 349 g/mol. The van der Waals surface area contributed by atoms with Gasteiger partial charge in [-0.1, -0.05) is 17.2 Å². The minimum Gasteiger partial charge on any atom is -0.354 e. The van der Waals surface area contributed by atoms with Crippen molar-refractivity contribution in [2.24, 2.45) is 0 Å². The van der Waals surface area contributed by atoms with Crippen molar-refractivity contribution in [1.29, 1.82) is 0 Å². The second-order valence-corrected chi connectivity index (χ2v) is 6.67. The van der Waals surface area contributed by atoms with Gasteiger partial charge in [0.05, 0.1) is 11.1 Å². The van der Waals surface area contributed by atoms with E-state index >= 15 is 0 Å². The van der Waals surface area contributed by atoms with Crippen LogP contribution in [0.3, 0.4) is 0 Å². The summed E-state index contributed by atoms with van der Waals surface area (Å²) in [7, 11) is -2.52. The van der Waals surface area contributed by atoms with E-state index in [4.69, 9.17) is 4.84 Å². The molecule has 1 aliphatic rings. The average Bonchev–Trinajstić information content (AvgIpc) is 3.16. The SMILES string of the molecule is CNS(=O)(=O)c1c[nH]c(C(=O)ON2C(=O)c3ccccc3C2=O)c1. The highest BCUT2D eigenvalue weighted by atomic mass is 32.2. The fraction of sp³-hybridized carbons (Fsp3) is 0.0714. The first-order valence-corrected chi connectivity index (χ1v) is 8.15. The molecule has 1 aromatic heterocycles. The Morgan fingerprint density at radius 2 is 1.75 bits per heavy atom. The number of benzene rings is 1. The van der Waals surface area contributed by atoms with Crippen LogP contribution in [-0.2, 0) is 14.9 Å². The highest BCUT2D eigenvalue weighted by Crippen LogP contribution is 2.23. The first kappa shape index (κ1) is 15.9. The Morgan fingerprint density at radius 3 is 2.29 bits per heavy atom. The van der Waals surface area contributed by atoms with Crippen molar-refractivity contribution in [3.63, 3.8) is 0 Å². The normalized spacial score (nSPS) is 14.0. The number of amides is 2. The minimum absolute atomic E-state index is 0.125. The highest BCUT2D eigenvalue weighted by Gasteiger charge is 2.39. The van der Waals surface area contributed by atoms with E-state index in [1.807, 2.05) is 0 Å². The quantitative estimate of drug-likeness (QED) is 0.764. The zero-order valence-corrected chi connectivity index (χ0v) is 13.1. The van der Waals surface area contributed by atoms with E-state index in [0.29, 0.717) is 5.06 Å². The summed E-state index contributed by atoms with van der Waals surface area (Å²) in [5.74, 6) is -2.60. The maximum absolute atomic E-state index is 12.1. The van der Waals surface area contributed by atoms with E-state index < -0.39 is 27.8 Å². The molecule has 2 N–H and O–H groups in total. The zero-order valence-electron chi connectivity index (χ0n) is 12.3. The Kier molecular flexibility index (Phi) is 3.70. The van der Waals surface area contributed by atoms with E-state index in [0.717, 1.165) is 12.3 Å². The molecule has 24 heavy (non-hydrogen) atoms. The maximum atomic E-state index is 12.1. The van der Waals surface area contributed by atoms with Crippen molar-refractivity contribution in [3.8, 4) is 0 Å². The molecule has 0 aliphatic carbocycles. The molecule has 0 fully saturated rings. The third-order valence-corrected chi connectivity index (χ3v) is 4.78. The van der Waals surface area contributed by atoms with Crippen LogP contribution in [0.5, 0.6) is 0 Å². The van der Waals surface area contributed by atoms with Gasteiger partial charge in [-0.25, -0.2) is 17.9 Å². The molecule has 124 valence electrons. The van der Waals surface area contributed by atoms with Crippen LogP contribution in [0.15, 0.2) is 41.4 Å². The third kappa shape index (κ3) is 2.47. The summed E-state index contributed by atoms with van der Waals surface area (Å²) in [6.45, 7) is 0. The van der Waals surface area contributed by atoms with E-state index in [-0.39, 0.29) is 21.7 Å². The maximum Gasteiger partial charge on any atom is 0.380 e. The van der Waals surface area contributed by atoms with Gasteiger partial charge < -0.3 is 9.82 Å². The molecule has 3 rings (SSSR count). The molecule has 2 aromatic rings. The lowest BCUT2D eigenvalue weighted by Gasteiger charge is -2.11. The van der Waals surface area contributed by atoms with Gasteiger partial charge in [0.1, 0.15) is 10.6 Å². The number of nitrogens with zero attached hydrogens (tertiary/aromatic N) is 1. The van der Waals surface area contributed by atoms with Crippen LogP contribution in [0.25, 0.3) is 0 Å². The fourth-order valence-electron chi connectivity index (χ4n) is 2.15. The molecule has 0 atom stereocenters. The van der Waals surface area contributed by atoms with Crippen molar-refractivity contribution in [1.82, 2.24) is 14.8 Å². The van der Waals surface area contributed by atoms with Gasteiger partial charge >= 0.3 is 5.97 Å². The highest BCUT2D eigenvalue weighted by molar-refractivity contribution is 7.89. The monoisotopic (exact) mass is 349 g/mol. The molecule has 9 nitrogen and oxygen atoms in total. The van der Waals surface area contributed by atoms with Crippen LogP contribution in [0.2, 0.25) is 0 Å². The first-order valence-electron chi connectivity index (χ1n) is 6.67. The van der Waals surface area contributed by atoms with Crippen LogP contribution in [-0.4, -0.2) is 43.3 Å². The van der Waals surface area contributed by atoms with Crippen LogP contribution in [0.4, 0.5) is 0 Å². The van der Waals surface area contributed by atoms with Gasteiger partial charge in [0, 0.05) is 6.20 Å². The Bertz CT molecular complexity index is 927. The van der Waals surface area contributed by atoms with Crippen molar-refractivity contribution >= 4 is 27.8 Å². The molecular weight excluding hydrogens is 338 g/mol. The number of aromatic amines is 1. The number of aromatic nitrogens is 1. The number of hydrogen-bond acceptors (Lipinski definition) is 6. The van der Waals surface area contributed by atoms with Gasteiger partial charge in [0.25, 0.3) is 11.8 Å². The summed E-state index contributed by atoms with van der Waals surface area (Å²) in [6, 6.07) is 7.07. The van der Waals surface area contributed by atoms with E-state index in [2.05, 4.69) is 9.71 Å². The zero-order chi connectivity index (χ0) is 17.5. The van der Waals surface area contributed by atoms with Crippen LogP contribution in [0.1, 0.15) is 31.2 Å². The lowest BCUT2D eigenvalue weighted by atomic mass is 10.1. The summed E-state index contributed by atoms with van der Waals surface area (Å²) in [6.07, 6.45) is 1.09. The molecule has 0 radical (unpaired) electrons. The minimum atomic E-state index is -3.74. The summed E-state index contributed by atoms with van der Waals surface area (Å²) in [5.41, 5.74) is 0.0286. The molecule has 0 saturated carbocycles. The number of sulfonamides is 1. The Morgan fingerprint density at radius 1 is 1.17 bits per heavy atom. The topological polar surface area (TPSA) is 126 Å². The molecule has 1 aromatic carbocycles. The van der Waals surface area contributed by atoms with Gasteiger partial charge in [0.2, 0.25) is 10.0 Å². The predicted molar refractivity (Wildman–Crippen MR) is 79.4 cm³/mol. The molecule has 2 amide bonds. The number of imide groups is 1. The Labute approximate surface area is 136 Å². The van der Waals surface area contributed by atoms with E-state index in [9.17, 15) is 22.8 Å². The summed E-state index contributed by atoms with van der Waals surface area (Å²) >= 11 is 0. The lowest BCUT2D eigenvalue weighted by molar-refractivity contribution is -0.0588. The fourth-order valence-corrected chi connectivity index (χ4v) is 2.87. The summed E-state index contributed by atoms with van der Waals surface area (Å²) < 4.78 is 25.4. The van der Waals surface area contributed by atoms with Crippen LogP contribution in [0, 0.1) is 0 Å². The summed E-state index contributed by atoms with van der Waals surface area (Å²) in [4.78, 5) is 43.3. The van der Waals surface area contributed by atoms with Crippen molar-refractivity contribution in [3.05, 3.63) is 53.3 Å². The molecule has 10 heteroatoms. The van der Waals surface area contributed by atoms with Gasteiger partial charge in [-0.05, 0) is 25.2 Å². The van der Waals surface area contributed by atoms with Gasteiger partial charge in [-0.3, -0.25) is 9.59 Å². The van der Waals surface area contributed by atoms with E-state index in [1.54, 1.807) is 12.1 Å². The molecule has 0 bridgehead atoms. The second-order valence-electron chi connectivity index (χ2n) is 4.79. The number of carbonyl (C=O) groups is 3. The number of carbonyl (C=O) groups excluding carboxylic acids is 3. The van der Waals surface area contributed by atoms with Gasteiger partial charge in [-0.15, -0.1) is 0 Å². The van der Waals surface area contributed by atoms with Gasteiger partial charge in [0.15, 0.2) is 0 Å². The Balaban J connectivity index is 1.82. The molecule has 2 heterocycles. The van der Waals surface area contributed by atoms with Crippen LogP contribution >= 0.6 is 0 Å². The van der Waals surface area contributed by atoms with Crippen LogP contribution < -0.4 is 4.72 Å². The summed E-state index contributed by atoms with van der Waals surface area (Å²) in [5, 5.41) is 0.347. The van der Waals surface area contributed by atoms with Crippen molar-refractivity contribution in [2.45, 2.75) is 4.90 Å². The molecule has 0 spiro atoms. The van der Waals surface area contributed by atoms with Gasteiger partial charge in [-0.2, -0.15) is 0 Å². The van der Waals surface area contributed by atoms with E-state index in [1.165, 1.54) is 19.2 Å². The molecule has 1 aliphatic heterocycles. The number of nitrogens with one attached hydrogen (secondary N) is 2. The molecule has 0 unspecified atom stereocenters. The van der Waals surface area contributed by atoms with Crippen molar-refractivity contribution in [2.75, 3.05) is 7.05 Å². The predicted octanol–water partition coefficient (Wildman–Crippen LogP) is 0.291. The second kappa shape index (κ2) is 5.58. The number of hydrogen-bond donors (Lipinski definition) is 2. The standard InChI is InChI=1S/C14H11N3O6S/c1-15-24(21,22)8-6-11(16-7-8)14(20)23-17-12(18)9-4-2-3-5-10(9)13(17)19/h2-7,15-16H,1H3.